The first-order valence-electron chi connectivity index (χ1n) is 11.4. The molecule has 8 nitrogen and oxygen atoms in total. The number of aromatic nitrogens is 5. The molecule has 4 aromatic rings. The van der Waals surface area contributed by atoms with Crippen molar-refractivity contribution >= 4 is 11.6 Å². The van der Waals surface area contributed by atoms with Gasteiger partial charge in [-0.1, -0.05) is 49.2 Å². The van der Waals surface area contributed by atoms with Crippen LogP contribution in [0.5, 0.6) is 5.88 Å². The van der Waals surface area contributed by atoms with Crippen LogP contribution >= 0.6 is 11.6 Å². The Hall–Kier alpha value is -3.52. The van der Waals surface area contributed by atoms with Crippen molar-refractivity contribution in [3.05, 3.63) is 86.5 Å². The maximum atomic E-state index is 13.8. The monoisotopic (exact) mass is 477 g/mol. The third-order valence-corrected chi connectivity index (χ3v) is 6.36. The molecular formula is C25H24ClN5O3. The van der Waals surface area contributed by atoms with Crippen LogP contribution in [-0.2, 0) is 19.3 Å². The van der Waals surface area contributed by atoms with E-state index in [1.54, 1.807) is 16.7 Å². The molecule has 0 fully saturated rings. The van der Waals surface area contributed by atoms with E-state index in [2.05, 4.69) is 39.2 Å². The average molecular weight is 478 g/mol. The molecule has 34 heavy (non-hydrogen) atoms. The van der Waals surface area contributed by atoms with Crippen molar-refractivity contribution in [1.82, 2.24) is 24.7 Å². The fraction of sp³-hybridized carbons (Fsp3) is 0.320. The maximum Gasteiger partial charge on any atom is 0.270 e. The number of aromatic hydroxyl groups is 1. The summed E-state index contributed by atoms with van der Waals surface area (Å²) in [5.74, 6) is 0.399. The molecule has 9 heteroatoms. The summed E-state index contributed by atoms with van der Waals surface area (Å²) >= 11 is 5.89. The third kappa shape index (κ3) is 4.21. The van der Waals surface area contributed by atoms with Gasteiger partial charge in [0.2, 0.25) is 11.8 Å². The summed E-state index contributed by atoms with van der Waals surface area (Å²) in [4.78, 5) is 22.4. The Morgan fingerprint density at radius 1 is 1.21 bits per heavy atom. The standard InChI is InChI=1S/C25H24ClN5O3/c1-2-3-8-20-28-23(32)22(24-30-29-21(34-24)13-17-11-10-16(26)14-27-17)25(33)31(20)19-12-9-15-6-4-5-7-18(15)19/h4-7,10-11,14,19,32H,2-3,8-9,12-13H2,1H3/t19-/m1/s1. The number of hydrogen-bond acceptors (Lipinski definition) is 7. The number of nitrogens with zero attached hydrogens (tertiary/aromatic N) is 5. The van der Waals surface area contributed by atoms with Crippen molar-refractivity contribution < 1.29 is 9.52 Å². The predicted octanol–water partition coefficient (Wildman–Crippen LogP) is 4.52. The first kappa shape index (κ1) is 22.3. The number of benzene rings is 1. The molecule has 1 aromatic carbocycles. The highest BCUT2D eigenvalue weighted by Gasteiger charge is 2.30. The van der Waals surface area contributed by atoms with E-state index in [0.29, 0.717) is 23.0 Å². The topological polar surface area (TPSA) is 107 Å². The minimum atomic E-state index is -0.390. The number of unbranched alkanes of at least 4 members (excludes halogenated alkanes) is 1. The van der Waals surface area contributed by atoms with Gasteiger partial charge in [0.25, 0.3) is 11.4 Å². The summed E-state index contributed by atoms with van der Waals surface area (Å²) in [6.45, 7) is 2.08. The molecular weight excluding hydrogens is 454 g/mol. The molecule has 1 aliphatic carbocycles. The van der Waals surface area contributed by atoms with Crippen LogP contribution in [0.1, 0.15) is 60.8 Å². The summed E-state index contributed by atoms with van der Waals surface area (Å²) in [6.07, 6.45) is 5.89. The molecule has 174 valence electrons. The smallest absolute Gasteiger partial charge is 0.270 e. The van der Waals surface area contributed by atoms with Crippen LogP contribution in [0.25, 0.3) is 11.5 Å². The van der Waals surface area contributed by atoms with Crippen molar-refractivity contribution in [1.29, 1.82) is 0 Å². The van der Waals surface area contributed by atoms with Gasteiger partial charge in [-0.2, -0.15) is 4.98 Å². The molecule has 0 saturated heterocycles. The van der Waals surface area contributed by atoms with Crippen molar-refractivity contribution in [3.63, 3.8) is 0 Å². The van der Waals surface area contributed by atoms with Gasteiger partial charge in [0.15, 0.2) is 5.56 Å². The van der Waals surface area contributed by atoms with Crippen molar-refractivity contribution in [2.45, 2.75) is 51.5 Å². The van der Waals surface area contributed by atoms with Gasteiger partial charge in [0, 0.05) is 18.3 Å². The summed E-state index contributed by atoms with van der Waals surface area (Å²) in [7, 11) is 0. The first-order valence-corrected chi connectivity index (χ1v) is 11.8. The van der Waals surface area contributed by atoms with Gasteiger partial charge in [0.1, 0.15) is 5.82 Å². The van der Waals surface area contributed by atoms with Gasteiger partial charge in [-0.3, -0.25) is 14.3 Å². The zero-order valence-corrected chi connectivity index (χ0v) is 19.5. The minimum absolute atomic E-state index is 0.0546. The fourth-order valence-corrected chi connectivity index (χ4v) is 4.59. The van der Waals surface area contributed by atoms with Crippen LogP contribution in [0, 0.1) is 0 Å². The second-order valence-corrected chi connectivity index (χ2v) is 8.84. The van der Waals surface area contributed by atoms with E-state index < -0.39 is 5.88 Å². The van der Waals surface area contributed by atoms with Crippen molar-refractivity contribution in [2.75, 3.05) is 0 Å². The maximum absolute atomic E-state index is 13.8. The predicted molar refractivity (Wildman–Crippen MR) is 127 cm³/mol. The Labute approximate surface area is 201 Å². The lowest BCUT2D eigenvalue weighted by atomic mass is 10.1. The minimum Gasteiger partial charge on any atom is -0.493 e. The van der Waals surface area contributed by atoms with Crippen LogP contribution in [-0.4, -0.2) is 29.8 Å². The van der Waals surface area contributed by atoms with Gasteiger partial charge in [0.05, 0.1) is 17.5 Å². The second kappa shape index (κ2) is 9.38. The summed E-state index contributed by atoms with van der Waals surface area (Å²) in [5.41, 5.74) is 2.58. The van der Waals surface area contributed by atoms with Crippen molar-refractivity contribution in [3.8, 4) is 17.3 Å². The van der Waals surface area contributed by atoms with Gasteiger partial charge in [-0.15, -0.1) is 10.2 Å². The van der Waals surface area contributed by atoms with Crippen molar-refractivity contribution in [2.24, 2.45) is 0 Å². The molecule has 3 heterocycles. The van der Waals surface area contributed by atoms with E-state index in [0.717, 1.165) is 31.2 Å². The third-order valence-electron chi connectivity index (χ3n) is 6.14. The lowest BCUT2D eigenvalue weighted by molar-refractivity contribution is 0.427. The van der Waals surface area contributed by atoms with Crippen LogP contribution in [0.3, 0.4) is 0 Å². The highest BCUT2D eigenvalue weighted by atomic mass is 35.5. The Bertz CT molecular complexity index is 1380. The zero-order chi connectivity index (χ0) is 23.7. The Morgan fingerprint density at radius 3 is 2.85 bits per heavy atom. The number of hydrogen-bond donors (Lipinski definition) is 1. The molecule has 1 atom stereocenters. The molecule has 0 amide bonds. The van der Waals surface area contributed by atoms with Gasteiger partial charge in [-0.25, -0.2) is 0 Å². The molecule has 3 aromatic heterocycles. The molecule has 0 bridgehead atoms. The van der Waals surface area contributed by atoms with E-state index in [1.165, 1.54) is 11.8 Å². The zero-order valence-electron chi connectivity index (χ0n) is 18.7. The fourth-order valence-electron chi connectivity index (χ4n) is 4.48. The lowest BCUT2D eigenvalue weighted by Gasteiger charge is -2.20. The summed E-state index contributed by atoms with van der Waals surface area (Å²) in [5, 5.41) is 19.4. The first-order chi connectivity index (χ1) is 16.5. The van der Waals surface area contributed by atoms with Gasteiger partial charge in [-0.05, 0) is 42.5 Å². The lowest BCUT2D eigenvalue weighted by Crippen LogP contribution is -2.30. The number of pyridine rings is 1. The number of halogens is 1. The summed E-state index contributed by atoms with van der Waals surface area (Å²) in [6, 6.07) is 11.5. The largest absolute Gasteiger partial charge is 0.493 e. The van der Waals surface area contributed by atoms with Crippen LogP contribution in [0.2, 0.25) is 5.02 Å². The molecule has 1 aliphatic rings. The Morgan fingerprint density at radius 2 is 2.06 bits per heavy atom. The quantitative estimate of drug-likeness (QED) is 0.417. The number of rotatable bonds is 7. The van der Waals surface area contributed by atoms with Crippen LogP contribution in [0.4, 0.5) is 0 Å². The molecule has 0 spiro atoms. The molecule has 5 rings (SSSR count). The Balaban J connectivity index is 1.56. The Kier molecular flexibility index (Phi) is 6.15. The van der Waals surface area contributed by atoms with Gasteiger partial charge < -0.3 is 9.52 Å². The summed E-state index contributed by atoms with van der Waals surface area (Å²) < 4.78 is 7.47. The van der Waals surface area contributed by atoms with Crippen LogP contribution < -0.4 is 5.56 Å². The SMILES string of the molecule is CCCCc1nc(O)c(-c2nnc(Cc3ccc(Cl)cn3)o2)c(=O)n1[C@@H]1CCc2ccccc21. The van der Waals surface area contributed by atoms with E-state index >= 15 is 0 Å². The highest BCUT2D eigenvalue weighted by molar-refractivity contribution is 6.30. The van der Waals surface area contributed by atoms with E-state index in [4.69, 9.17) is 16.0 Å². The molecule has 0 saturated carbocycles. The van der Waals surface area contributed by atoms with E-state index in [1.807, 2.05) is 12.1 Å². The average Bonchev–Trinajstić information content (AvgIpc) is 3.46. The van der Waals surface area contributed by atoms with Gasteiger partial charge >= 0.3 is 0 Å². The molecule has 0 aliphatic heterocycles. The second-order valence-electron chi connectivity index (χ2n) is 8.40. The molecule has 0 radical (unpaired) electrons. The molecule has 1 N–H and O–H groups in total. The number of fused-ring (bicyclic) bond motifs is 1. The normalized spacial score (nSPS) is 14.9. The van der Waals surface area contributed by atoms with Crippen LogP contribution in [0.15, 0.2) is 51.8 Å². The van der Waals surface area contributed by atoms with E-state index in [9.17, 15) is 9.90 Å². The number of aryl methyl sites for hydroxylation is 2. The van der Waals surface area contributed by atoms with E-state index in [-0.39, 0.29) is 35.4 Å². The highest BCUT2D eigenvalue weighted by Crippen LogP contribution is 2.35. The molecule has 0 unspecified atom stereocenters.